The molecule has 1 aliphatic carbocycles. The van der Waals surface area contributed by atoms with Gasteiger partial charge in [-0.2, -0.15) is 20.2 Å². The first-order chi connectivity index (χ1) is 40.6. The van der Waals surface area contributed by atoms with Crippen LogP contribution in [0.1, 0.15) is 107 Å². The summed E-state index contributed by atoms with van der Waals surface area (Å²) in [4.78, 5) is 54.5. The summed E-state index contributed by atoms with van der Waals surface area (Å²) in [6.45, 7) is 12.8. The van der Waals surface area contributed by atoms with E-state index in [4.69, 9.17) is 24.2 Å². The van der Waals surface area contributed by atoms with Gasteiger partial charge in [0.1, 0.15) is 48.1 Å². The molecule has 5 atom stereocenters. The molecule has 3 fully saturated rings. The molecule has 2 aliphatic heterocycles. The van der Waals surface area contributed by atoms with Crippen LogP contribution in [0.5, 0.6) is 11.8 Å². The zero-order valence-corrected chi connectivity index (χ0v) is 48.4. The highest BCUT2D eigenvalue weighted by molar-refractivity contribution is 6.06. The number of aliphatic hydroxyl groups excluding tert-OH is 2. The Hall–Kier alpha value is -8.34. The lowest BCUT2D eigenvalue weighted by atomic mass is 9.88. The lowest BCUT2D eigenvalue weighted by molar-refractivity contribution is -0.142. The fourth-order valence-electron chi connectivity index (χ4n) is 11.8. The molecule has 4 aromatic carbocycles. The van der Waals surface area contributed by atoms with Crippen LogP contribution in [0.3, 0.4) is 0 Å². The number of anilines is 1. The van der Waals surface area contributed by atoms with Gasteiger partial charge in [0.05, 0.1) is 48.5 Å². The number of hydrogen-bond acceptors (Lipinski definition) is 15. The van der Waals surface area contributed by atoms with Crippen molar-refractivity contribution in [2.45, 2.75) is 129 Å². The number of amides is 3. The van der Waals surface area contributed by atoms with Crippen molar-refractivity contribution >= 4 is 45.3 Å². The third kappa shape index (κ3) is 11.8. The Kier molecular flexibility index (Phi) is 16.7. The molecule has 2 saturated heterocycles. The molecule has 21 nitrogen and oxygen atoms in total. The monoisotopic (exact) mass is 1150 g/mol. The molecule has 3 aliphatic rings. The number of H-pyrrole nitrogens is 1. The number of ether oxygens (including phenoxy) is 3. The Labute approximate surface area is 485 Å². The van der Waals surface area contributed by atoms with Crippen LogP contribution in [0.25, 0.3) is 55.4 Å². The van der Waals surface area contributed by atoms with E-state index in [2.05, 4.69) is 47.2 Å². The standard InChI is InChI=1S/C62H72FN13O8/c1-8-75-52(19-22-65-75)42-17-15-41(16-18-42)51(31-77)67-60(80)53-25-44(79)29-74(53)61(81)57(34(2)3)76-30-50(71-72-76)40-11-9-38(10-12-40)33-83-58-55(54-36(5)48(63)27-49-47(54)28-64-70-49)45(39-13-14-39)26-46-56(58)68-62(84-32-35(4)82-7)69-59(46)73-23-20-43(21-24-73)66-37(6)78/h9-12,15-19,22,26-28,30,34-35,39,43-44,51,53,57,77,79H,8,13-14,20-21,23-25,29,31-33H2,1-7H3,(H,64,70)(H,66,78)(H,67,80)/t35-,44+,51-,53-,57-/m0/s1. The number of fused-ring (bicyclic) bond motifs is 2. The summed E-state index contributed by atoms with van der Waals surface area (Å²) in [5, 5.41) is 49.6. The van der Waals surface area contributed by atoms with Crippen molar-refractivity contribution in [2.24, 2.45) is 5.92 Å². The molecule has 22 heteroatoms. The maximum absolute atomic E-state index is 16.2. The van der Waals surface area contributed by atoms with Crippen LogP contribution in [-0.2, 0) is 32.3 Å². The summed E-state index contributed by atoms with van der Waals surface area (Å²) in [7, 11) is 1.61. The number of hydrogen-bond donors (Lipinski definition) is 5. The van der Waals surface area contributed by atoms with Gasteiger partial charge in [0.2, 0.25) is 17.7 Å². The first kappa shape index (κ1) is 57.5. The van der Waals surface area contributed by atoms with Gasteiger partial charge in [-0.05, 0) is 104 Å². The first-order valence-electron chi connectivity index (χ1n) is 29.0. The number of piperidine rings is 1. The minimum absolute atomic E-state index is 0.0286. The largest absolute Gasteiger partial charge is 0.486 e. The average molecular weight is 1150 g/mol. The summed E-state index contributed by atoms with van der Waals surface area (Å²) in [6.07, 6.45) is 7.30. The zero-order chi connectivity index (χ0) is 58.9. The Morgan fingerprint density at radius 3 is 2.37 bits per heavy atom. The second-order valence-electron chi connectivity index (χ2n) is 22.7. The maximum atomic E-state index is 16.2. The number of likely N-dealkylation sites (tertiary alicyclic amines) is 1. The van der Waals surface area contributed by atoms with Crippen molar-refractivity contribution in [2.75, 3.05) is 44.9 Å². The maximum Gasteiger partial charge on any atom is 0.319 e. The van der Waals surface area contributed by atoms with Crippen LogP contribution in [0.4, 0.5) is 10.2 Å². The van der Waals surface area contributed by atoms with E-state index in [-0.39, 0.29) is 74.5 Å². The van der Waals surface area contributed by atoms with Gasteiger partial charge in [-0.1, -0.05) is 67.6 Å². The van der Waals surface area contributed by atoms with Crippen molar-refractivity contribution in [3.05, 3.63) is 113 Å². The highest BCUT2D eigenvalue weighted by Crippen LogP contribution is 2.53. The van der Waals surface area contributed by atoms with Crippen molar-refractivity contribution in [1.29, 1.82) is 0 Å². The molecule has 5 N–H and O–H groups in total. The Bertz CT molecular complexity index is 3680. The van der Waals surface area contributed by atoms with Crippen LogP contribution in [0, 0.1) is 18.7 Å². The van der Waals surface area contributed by atoms with Gasteiger partial charge in [0.25, 0.3) is 0 Å². The zero-order valence-electron chi connectivity index (χ0n) is 48.4. The first-order valence-corrected chi connectivity index (χ1v) is 29.0. The lowest BCUT2D eigenvalue weighted by Gasteiger charge is -2.34. The van der Waals surface area contributed by atoms with Gasteiger partial charge < -0.3 is 44.9 Å². The molecule has 8 aromatic rings. The number of aromatic amines is 1. The number of benzene rings is 4. The minimum atomic E-state index is -0.997. The molecule has 6 heterocycles. The van der Waals surface area contributed by atoms with Gasteiger partial charge in [0, 0.05) is 86.3 Å². The number of aryl methyl sites for hydroxylation is 1. The summed E-state index contributed by atoms with van der Waals surface area (Å²) in [5.74, 6) is -0.342. The molecule has 4 aromatic heterocycles. The van der Waals surface area contributed by atoms with Crippen molar-refractivity contribution in [1.82, 2.24) is 60.5 Å². The predicted octanol–water partition coefficient (Wildman–Crippen LogP) is 7.75. The molecule has 0 radical (unpaired) electrons. The molecule has 0 spiro atoms. The van der Waals surface area contributed by atoms with E-state index in [1.54, 1.807) is 32.6 Å². The van der Waals surface area contributed by atoms with Crippen LogP contribution >= 0.6 is 0 Å². The van der Waals surface area contributed by atoms with Gasteiger partial charge >= 0.3 is 6.01 Å². The molecule has 440 valence electrons. The number of nitrogens with one attached hydrogen (secondary N) is 3. The molecular weight excluding hydrogens is 1070 g/mol. The van der Waals surface area contributed by atoms with E-state index in [9.17, 15) is 24.6 Å². The number of halogens is 1. The highest BCUT2D eigenvalue weighted by atomic mass is 19.1. The third-order valence-electron chi connectivity index (χ3n) is 16.5. The van der Waals surface area contributed by atoms with Crippen LogP contribution < -0.4 is 25.0 Å². The summed E-state index contributed by atoms with van der Waals surface area (Å²) >= 11 is 0. The fourth-order valence-corrected chi connectivity index (χ4v) is 11.8. The molecule has 3 amide bonds. The predicted molar refractivity (Wildman–Crippen MR) is 313 cm³/mol. The van der Waals surface area contributed by atoms with E-state index in [0.717, 1.165) is 57.1 Å². The summed E-state index contributed by atoms with van der Waals surface area (Å²) in [5.41, 5.74) is 8.47. The number of aliphatic hydroxyl groups is 2. The van der Waals surface area contributed by atoms with E-state index in [0.29, 0.717) is 77.5 Å². The van der Waals surface area contributed by atoms with Gasteiger partial charge in [0.15, 0.2) is 5.75 Å². The average Bonchev–Trinajstić information content (AvgIpc) is 1.84. The molecule has 0 unspecified atom stereocenters. The molecule has 1 saturated carbocycles. The Balaban J connectivity index is 0.870. The second kappa shape index (κ2) is 24.5. The topological polar surface area (TPSA) is 253 Å². The van der Waals surface area contributed by atoms with E-state index < -0.39 is 36.0 Å². The number of carbonyl (C=O) groups excluding carboxylic acids is 3. The second-order valence-corrected chi connectivity index (χ2v) is 22.7. The molecule has 0 bridgehead atoms. The Morgan fingerprint density at radius 2 is 1.68 bits per heavy atom. The SMILES string of the molecule is CCn1nccc1-c1ccc([C@H](CO)NC(=O)[C@@H]2C[C@@H](O)CN2C(=O)[C@H](C(C)C)n2cc(-c3ccc(COc4c(-c5c(C)c(F)cc6[nH]ncc56)c(C5CC5)cc5c(N6CCC(NC(C)=O)CC6)nc(OC[C@H](C)OC)nc45)cc3)nn2)cc1. The quantitative estimate of drug-likeness (QED) is 0.0461. The van der Waals surface area contributed by atoms with Crippen molar-refractivity contribution in [3.8, 4) is 45.4 Å². The number of carbonyl (C=O) groups is 3. The van der Waals surface area contributed by atoms with Crippen LogP contribution in [0.2, 0.25) is 0 Å². The number of methoxy groups -OCH3 is 1. The Morgan fingerprint density at radius 1 is 0.929 bits per heavy atom. The van der Waals surface area contributed by atoms with Crippen LogP contribution in [-0.4, -0.2) is 142 Å². The summed E-state index contributed by atoms with van der Waals surface area (Å²) < 4.78 is 38.5. The van der Waals surface area contributed by atoms with Gasteiger partial charge in [-0.25, -0.2) is 9.07 Å². The molecule has 11 rings (SSSR count). The van der Waals surface area contributed by atoms with Gasteiger partial charge in [-0.15, -0.1) is 5.10 Å². The molecular formula is C62H72FN13O8. The normalized spacial score (nSPS) is 17.7. The highest BCUT2D eigenvalue weighted by Gasteiger charge is 2.43. The number of nitrogens with zero attached hydrogens (tertiary/aromatic N) is 10. The molecule has 84 heavy (non-hydrogen) atoms. The number of aromatic nitrogens is 9. The van der Waals surface area contributed by atoms with Crippen LogP contribution in [0.15, 0.2) is 85.3 Å². The van der Waals surface area contributed by atoms with Gasteiger partial charge in [-0.3, -0.25) is 24.2 Å². The van der Waals surface area contributed by atoms with E-state index in [1.165, 1.54) is 22.6 Å². The van der Waals surface area contributed by atoms with E-state index >= 15 is 4.39 Å². The van der Waals surface area contributed by atoms with E-state index in [1.807, 2.05) is 87.0 Å². The smallest absolute Gasteiger partial charge is 0.319 e. The third-order valence-corrected chi connectivity index (χ3v) is 16.5. The van der Waals surface area contributed by atoms with Crippen molar-refractivity contribution < 1.29 is 43.2 Å². The minimum Gasteiger partial charge on any atom is -0.486 e. The fraction of sp³-hybridized carbons (Fsp3) is 0.435. The summed E-state index contributed by atoms with van der Waals surface area (Å²) in [6, 6.07) is 18.3. The number of rotatable bonds is 21. The number of β-amino-alcohol motifs (C(OH)–C–C–N with tert-alkyl or cyclic N) is 1. The van der Waals surface area contributed by atoms with Crippen molar-refractivity contribution in [3.63, 3.8) is 0 Å². The lowest BCUT2D eigenvalue weighted by Crippen LogP contribution is -2.50.